The molecule has 0 aliphatic heterocycles. The molecule has 1 heteroatoms. The molecule has 112 valence electrons. The molecule has 0 heterocycles. The maximum Gasteiger partial charge on any atom is 0.0300 e. The van der Waals surface area contributed by atoms with E-state index in [9.17, 15) is 0 Å². The van der Waals surface area contributed by atoms with Crippen molar-refractivity contribution in [3.05, 3.63) is 69.8 Å². The third-order valence-corrected chi connectivity index (χ3v) is 4.27. The summed E-state index contributed by atoms with van der Waals surface area (Å²) in [6.45, 7) is 12.0. The van der Waals surface area contributed by atoms with Crippen molar-refractivity contribution in [2.75, 3.05) is 0 Å². The second-order valence-electron chi connectivity index (χ2n) is 6.04. The molecule has 0 aliphatic rings. The summed E-state index contributed by atoms with van der Waals surface area (Å²) in [5.41, 5.74) is 8.41. The van der Waals surface area contributed by atoms with Crippen LogP contribution in [0.2, 0.25) is 0 Å². The summed E-state index contributed by atoms with van der Waals surface area (Å²) < 4.78 is 0. The van der Waals surface area contributed by atoms with Crippen molar-refractivity contribution in [1.29, 1.82) is 0 Å². The van der Waals surface area contributed by atoms with Crippen molar-refractivity contribution >= 4 is 0 Å². The lowest BCUT2D eigenvalue weighted by Crippen LogP contribution is -2.20. The molecule has 1 atom stereocenters. The topological polar surface area (TPSA) is 12.0 Å². The van der Waals surface area contributed by atoms with E-state index in [1.165, 1.54) is 33.4 Å². The Kier molecular flexibility index (Phi) is 5.19. The molecule has 2 aromatic rings. The molecule has 0 saturated heterocycles. The van der Waals surface area contributed by atoms with Crippen LogP contribution in [0.1, 0.15) is 53.3 Å². The zero-order valence-corrected chi connectivity index (χ0v) is 14.0. The molecule has 21 heavy (non-hydrogen) atoms. The summed E-state index contributed by atoms with van der Waals surface area (Å²) in [5.74, 6) is 0. The molecule has 0 aromatic heterocycles. The minimum atomic E-state index is 0.371. The molecule has 1 nitrogen and oxygen atoms in total. The number of hydrogen-bond donors (Lipinski definition) is 1. The Morgan fingerprint density at radius 2 is 1.52 bits per heavy atom. The largest absolute Gasteiger partial charge is 0.306 e. The van der Waals surface area contributed by atoms with Gasteiger partial charge < -0.3 is 5.32 Å². The van der Waals surface area contributed by atoms with Gasteiger partial charge in [-0.2, -0.15) is 0 Å². The first kappa shape index (κ1) is 15.8. The Labute approximate surface area is 129 Å². The zero-order valence-electron chi connectivity index (χ0n) is 14.0. The summed E-state index contributed by atoms with van der Waals surface area (Å²) in [6, 6.07) is 13.6. The van der Waals surface area contributed by atoms with Crippen LogP contribution in [0.15, 0.2) is 36.4 Å². The predicted molar refractivity (Wildman–Crippen MR) is 91.7 cm³/mol. The SMILES string of the molecule is CCc1ccccc1CNC(C)c1c(C)cc(C)cc1C. The molecule has 0 bridgehead atoms. The third kappa shape index (κ3) is 3.74. The fourth-order valence-electron chi connectivity index (χ4n) is 3.31. The fraction of sp³-hybridized carbons (Fsp3) is 0.400. The van der Waals surface area contributed by atoms with Crippen LogP contribution in [0.25, 0.3) is 0 Å². The molecule has 2 rings (SSSR count). The van der Waals surface area contributed by atoms with Crippen molar-refractivity contribution in [3.63, 3.8) is 0 Å². The van der Waals surface area contributed by atoms with Crippen LogP contribution in [0.3, 0.4) is 0 Å². The average Bonchev–Trinajstić information content (AvgIpc) is 2.44. The molecular weight excluding hydrogens is 254 g/mol. The lowest BCUT2D eigenvalue weighted by atomic mass is 9.94. The van der Waals surface area contributed by atoms with Crippen molar-refractivity contribution in [3.8, 4) is 0 Å². The van der Waals surface area contributed by atoms with Crippen molar-refractivity contribution in [2.24, 2.45) is 0 Å². The van der Waals surface area contributed by atoms with Crippen molar-refractivity contribution in [1.82, 2.24) is 5.32 Å². The summed E-state index contributed by atoms with van der Waals surface area (Å²) in [7, 11) is 0. The molecular formula is C20H27N. The normalized spacial score (nSPS) is 12.4. The van der Waals surface area contributed by atoms with Crippen LogP contribution in [0.4, 0.5) is 0 Å². The molecule has 0 spiro atoms. The Hall–Kier alpha value is -1.60. The van der Waals surface area contributed by atoms with Gasteiger partial charge in [0.2, 0.25) is 0 Å². The molecule has 0 amide bonds. The van der Waals surface area contributed by atoms with Crippen molar-refractivity contribution < 1.29 is 0 Å². The summed E-state index contributed by atoms with van der Waals surface area (Å²) in [6.07, 6.45) is 1.09. The quantitative estimate of drug-likeness (QED) is 0.811. The van der Waals surface area contributed by atoms with E-state index in [1.807, 2.05) is 0 Å². The van der Waals surface area contributed by atoms with Gasteiger partial charge in [-0.3, -0.25) is 0 Å². The van der Waals surface area contributed by atoms with Gasteiger partial charge in [-0.15, -0.1) is 0 Å². The highest BCUT2D eigenvalue weighted by atomic mass is 14.9. The van der Waals surface area contributed by atoms with Gasteiger partial charge in [0, 0.05) is 12.6 Å². The Morgan fingerprint density at radius 1 is 0.952 bits per heavy atom. The standard InChI is InChI=1S/C20H27N/c1-6-18-9-7-8-10-19(18)13-21-17(5)20-15(3)11-14(2)12-16(20)4/h7-12,17,21H,6,13H2,1-5H3. The number of rotatable bonds is 5. The van der Waals surface area contributed by atoms with Gasteiger partial charge in [0.05, 0.1) is 0 Å². The van der Waals surface area contributed by atoms with E-state index in [4.69, 9.17) is 0 Å². The Bertz CT molecular complexity index is 590. The minimum Gasteiger partial charge on any atom is -0.306 e. The summed E-state index contributed by atoms with van der Waals surface area (Å²) >= 11 is 0. The van der Waals surface area contributed by atoms with E-state index in [2.05, 4.69) is 76.3 Å². The average molecular weight is 281 g/mol. The number of hydrogen-bond acceptors (Lipinski definition) is 1. The van der Waals surface area contributed by atoms with Gasteiger partial charge in [0.25, 0.3) is 0 Å². The van der Waals surface area contributed by atoms with Crippen LogP contribution >= 0.6 is 0 Å². The van der Waals surface area contributed by atoms with Crippen LogP contribution in [0, 0.1) is 20.8 Å². The highest BCUT2D eigenvalue weighted by Crippen LogP contribution is 2.24. The maximum absolute atomic E-state index is 3.69. The summed E-state index contributed by atoms with van der Waals surface area (Å²) in [5, 5.41) is 3.69. The molecule has 0 fully saturated rings. The van der Waals surface area contributed by atoms with Gasteiger partial charge in [-0.25, -0.2) is 0 Å². The Balaban J connectivity index is 2.14. The van der Waals surface area contributed by atoms with Gasteiger partial charge in [0.15, 0.2) is 0 Å². The highest BCUT2D eigenvalue weighted by Gasteiger charge is 2.12. The smallest absolute Gasteiger partial charge is 0.0300 e. The molecule has 0 aliphatic carbocycles. The van der Waals surface area contributed by atoms with Crippen LogP contribution in [0.5, 0.6) is 0 Å². The second kappa shape index (κ2) is 6.91. The predicted octanol–water partition coefficient (Wildman–Crippen LogP) is 5.03. The van der Waals surface area contributed by atoms with E-state index in [0.717, 1.165) is 13.0 Å². The molecule has 0 radical (unpaired) electrons. The first-order valence-corrected chi connectivity index (χ1v) is 7.90. The number of nitrogens with one attached hydrogen (secondary N) is 1. The molecule has 0 saturated carbocycles. The van der Waals surface area contributed by atoms with Crippen LogP contribution in [-0.2, 0) is 13.0 Å². The molecule has 1 unspecified atom stereocenters. The van der Waals surface area contributed by atoms with Crippen LogP contribution < -0.4 is 5.32 Å². The van der Waals surface area contributed by atoms with E-state index >= 15 is 0 Å². The molecule has 1 N–H and O–H groups in total. The third-order valence-electron chi connectivity index (χ3n) is 4.27. The first-order valence-electron chi connectivity index (χ1n) is 7.90. The zero-order chi connectivity index (χ0) is 15.4. The van der Waals surface area contributed by atoms with E-state index in [0.29, 0.717) is 6.04 Å². The lowest BCUT2D eigenvalue weighted by molar-refractivity contribution is 0.567. The van der Waals surface area contributed by atoms with Crippen LogP contribution in [-0.4, -0.2) is 0 Å². The maximum atomic E-state index is 3.69. The van der Waals surface area contributed by atoms with Gasteiger partial charge in [-0.05, 0) is 61.9 Å². The summed E-state index contributed by atoms with van der Waals surface area (Å²) in [4.78, 5) is 0. The first-order chi connectivity index (χ1) is 10.0. The lowest BCUT2D eigenvalue weighted by Gasteiger charge is -2.20. The van der Waals surface area contributed by atoms with Gasteiger partial charge >= 0.3 is 0 Å². The van der Waals surface area contributed by atoms with Crippen molar-refractivity contribution in [2.45, 2.75) is 53.6 Å². The second-order valence-corrected chi connectivity index (χ2v) is 6.04. The molecule has 2 aromatic carbocycles. The monoisotopic (exact) mass is 281 g/mol. The van der Waals surface area contributed by atoms with Gasteiger partial charge in [0.1, 0.15) is 0 Å². The highest BCUT2D eigenvalue weighted by molar-refractivity contribution is 5.39. The fourth-order valence-corrected chi connectivity index (χ4v) is 3.31. The number of aryl methyl sites for hydroxylation is 4. The Morgan fingerprint density at radius 3 is 2.10 bits per heavy atom. The number of benzene rings is 2. The van der Waals surface area contributed by atoms with E-state index in [-0.39, 0.29) is 0 Å². The minimum absolute atomic E-state index is 0.371. The van der Waals surface area contributed by atoms with E-state index < -0.39 is 0 Å². The van der Waals surface area contributed by atoms with E-state index in [1.54, 1.807) is 0 Å². The van der Waals surface area contributed by atoms with Gasteiger partial charge in [-0.1, -0.05) is 48.9 Å².